The van der Waals surface area contributed by atoms with Crippen LogP contribution in [-0.4, -0.2) is 19.5 Å². The van der Waals surface area contributed by atoms with E-state index in [1.54, 1.807) is 0 Å². The standard InChI is InChI=1S/C41H26N4/c1-2-14-29(15-3-1)39-42-40(31-23-22-27-12-4-5-16-30(27)26-31)44-41(43-39)35-19-9-11-21-37(35)45-36-20-10-8-18-33(36)34-25-24-28-13-6-7-17-32(28)38(34)45/h1-26H. The van der Waals surface area contributed by atoms with E-state index in [0.717, 1.165) is 33.3 Å². The van der Waals surface area contributed by atoms with E-state index in [0.29, 0.717) is 17.5 Å². The maximum absolute atomic E-state index is 5.16. The maximum Gasteiger partial charge on any atom is 0.166 e. The molecule has 0 saturated carbocycles. The first-order valence-electron chi connectivity index (χ1n) is 15.1. The molecular weight excluding hydrogens is 548 g/mol. The Kier molecular flexibility index (Phi) is 5.78. The molecule has 0 radical (unpaired) electrons. The van der Waals surface area contributed by atoms with Crippen LogP contribution in [0.15, 0.2) is 158 Å². The van der Waals surface area contributed by atoms with Crippen molar-refractivity contribution in [1.82, 2.24) is 19.5 Å². The van der Waals surface area contributed by atoms with Crippen LogP contribution in [0.5, 0.6) is 0 Å². The van der Waals surface area contributed by atoms with E-state index in [2.05, 4.69) is 132 Å². The smallest absolute Gasteiger partial charge is 0.166 e. The zero-order chi connectivity index (χ0) is 29.7. The molecule has 0 aliphatic rings. The fourth-order valence-corrected chi connectivity index (χ4v) is 6.51. The van der Waals surface area contributed by atoms with Crippen molar-refractivity contribution < 1.29 is 0 Å². The van der Waals surface area contributed by atoms with Gasteiger partial charge in [-0.1, -0.05) is 133 Å². The molecule has 0 aliphatic carbocycles. The Bertz CT molecular complexity index is 2550. The molecule has 0 unspecified atom stereocenters. The Morgan fingerprint density at radius 2 is 1.00 bits per heavy atom. The lowest BCUT2D eigenvalue weighted by Crippen LogP contribution is -2.03. The van der Waals surface area contributed by atoms with Crippen molar-refractivity contribution >= 4 is 43.4 Å². The van der Waals surface area contributed by atoms with Gasteiger partial charge in [-0.15, -0.1) is 0 Å². The molecule has 0 spiro atoms. The first-order valence-corrected chi connectivity index (χ1v) is 15.1. The predicted octanol–water partition coefficient (Wildman–Crippen LogP) is 10.3. The summed E-state index contributed by atoms with van der Waals surface area (Å²) in [6, 6.07) is 55.0. The first kappa shape index (κ1) is 25.4. The molecule has 0 fully saturated rings. The highest BCUT2D eigenvalue weighted by molar-refractivity contribution is 6.18. The Labute approximate surface area is 259 Å². The van der Waals surface area contributed by atoms with E-state index in [1.807, 2.05) is 30.3 Å². The zero-order valence-electron chi connectivity index (χ0n) is 24.3. The van der Waals surface area contributed by atoms with Gasteiger partial charge < -0.3 is 4.57 Å². The average molecular weight is 575 g/mol. The molecule has 9 rings (SSSR count). The molecule has 0 aliphatic heterocycles. The Balaban J connectivity index is 1.34. The summed E-state index contributed by atoms with van der Waals surface area (Å²) in [5.41, 5.74) is 6.18. The molecule has 210 valence electrons. The minimum Gasteiger partial charge on any atom is -0.308 e. The molecule has 0 amide bonds. The van der Waals surface area contributed by atoms with E-state index in [9.17, 15) is 0 Å². The summed E-state index contributed by atoms with van der Waals surface area (Å²) < 4.78 is 2.38. The summed E-state index contributed by atoms with van der Waals surface area (Å²) >= 11 is 0. The SMILES string of the molecule is c1ccc(-c2nc(-c3ccc4ccccc4c3)nc(-c3ccccc3-n3c4ccccc4c4ccc5ccccc5c43)n2)cc1. The maximum atomic E-state index is 5.16. The van der Waals surface area contributed by atoms with Gasteiger partial charge in [0.05, 0.1) is 16.7 Å². The summed E-state index contributed by atoms with van der Waals surface area (Å²) in [6.45, 7) is 0. The fraction of sp³-hybridized carbons (Fsp3) is 0. The summed E-state index contributed by atoms with van der Waals surface area (Å²) in [4.78, 5) is 15.3. The lowest BCUT2D eigenvalue weighted by molar-refractivity contribution is 1.07. The number of hydrogen-bond acceptors (Lipinski definition) is 3. The van der Waals surface area contributed by atoms with Crippen molar-refractivity contribution in [2.75, 3.05) is 0 Å². The third-order valence-electron chi connectivity index (χ3n) is 8.62. The number of nitrogens with zero attached hydrogens (tertiary/aromatic N) is 4. The van der Waals surface area contributed by atoms with E-state index < -0.39 is 0 Å². The second-order valence-corrected chi connectivity index (χ2v) is 11.3. The molecular formula is C41H26N4. The molecule has 0 atom stereocenters. The third kappa shape index (κ3) is 4.19. The quantitative estimate of drug-likeness (QED) is 0.210. The molecule has 7 aromatic carbocycles. The van der Waals surface area contributed by atoms with Gasteiger partial charge in [0, 0.05) is 32.8 Å². The minimum absolute atomic E-state index is 0.633. The zero-order valence-corrected chi connectivity index (χ0v) is 24.3. The van der Waals surface area contributed by atoms with Gasteiger partial charge in [0.25, 0.3) is 0 Å². The van der Waals surface area contributed by atoms with Crippen LogP contribution in [0.1, 0.15) is 0 Å². The van der Waals surface area contributed by atoms with E-state index in [1.165, 1.54) is 32.4 Å². The van der Waals surface area contributed by atoms with Crippen molar-refractivity contribution in [2.24, 2.45) is 0 Å². The monoisotopic (exact) mass is 574 g/mol. The lowest BCUT2D eigenvalue weighted by atomic mass is 10.1. The van der Waals surface area contributed by atoms with Crippen molar-refractivity contribution in [2.45, 2.75) is 0 Å². The van der Waals surface area contributed by atoms with Crippen LogP contribution in [0.4, 0.5) is 0 Å². The molecule has 4 nitrogen and oxygen atoms in total. The number of fused-ring (bicyclic) bond motifs is 6. The second-order valence-electron chi connectivity index (χ2n) is 11.3. The minimum atomic E-state index is 0.633. The van der Waals surface area contributed by atoms with Gasteiger partial charge in [-0.2, -0.15) is 0 Å². The fourth-order valence-electron chi connectivity index (χ4n) is 6.51. The number of aromatic nitrogens is 4. The van der Waals surface area contributed by atoms with Crippen LogP contribution < -0.4 is 0 Å². The molecule has 2 aromatic heterocycles. The molecule has 0 N–H and O–H groups in total. The van der Waals surface area contributed by atoms with Crippen LogP contribution in [0.25, 0.3) is 83.2 Å². The first-order chi connectivity index (χ1) is 22.3. The summed E-state index contributed by atoms with van der Waals surface area (Å²) in [5.74, 6) is 1.92. The van der Waals surface area contributed by atoms with Crippen LogP contribution in [0, 0.1) is 0 Å². The molecule has 4 heteroatoms. The third-order valence-corrected chi connectivity index (χ3v) is 8.62. The second kappa shape index (κ2) is 10.2. The highest BCUT2D eigenvalue weighted by Gasteiger charge is 2.20. The highest BCUT2D eigenvalue weighted by Crippen LogP contribution is 2.39. The Hall–Kier alpha value is -6.13. The number of hydrogen-bond donors (Lipinski definition) is 0. The largest absolute Gasteiger partial charge is 0.308 e. The normalized spacial score (nSPS) is 11.6. The summed E-state index contributed by atoms with van der Waals surface area (Å²) in [5, 5.41) is 7.18. The topological polar surface area (TPSA) is 43.6 Å². The van der Waals surface area contributed by atoms with Gasteiger partial charge >= 0.3 is 0 Å². The molecule has 0 saturated heterocycles. The van der Waals surface area contributed by atoms with E-state index in [-0.39, 0.29) is 0 Å². The Morgan fingerprint density at radius 3 is 1.87 bits per heavy atom. The van der Waals surface area contributed by atoms with Crippen LogP contribution in [0.3, 0.4) is 0 Å². The number of para-hydroxylation sites is 2. The van der Waals surface area contributed by atoms with Gasteiger partial charge in [-0.3, -0.25) is 0 Å². The molecule has 45 heavy (non-hydrogen) atoms. The van der Waals surface area contributed by atoms with Gasteiger partial charge in [0.2, 0.25) is 0 Å². The predicted molar refractivity (Wildman–Crippen MR) is 185 cm³/mol. The van der Waals surface area contributed by atoms with Gasteiger partial charge in [-0.05, 0) is 40.4 Å². The Morgan fingerprint density at radius 1 is 0.378 bits per heavy atom. The summed E-state index contributed by atoms with van der Waals surface area (Å²) in [7, 11) is 0. The summed E-state index contributed by atoms with van der Waals surface area (Å²) in [6.07, 6.45) is 0. The molecule has 2 heterocycles. The number of rotatable bonds is 4. The molecule has 9 aromatic rings. The molecule has 0 bridgehead atoms. The van der Waals surface area contributed by atoms with Gasteiger partial charge in [-0.25, -0.2) is 15.0 Å². The van der Waals surface area contributed by atoms with Crippen molar-refractivity contribution in [3.05, 3.63) is 158 Å². The van der Waals surface area contributed by atoms with Crippen molar-refractivity contribution in [1.29, 1.82) is 0 Å². The van der Waals surface area contributed by atoms with Crippen LogP contribution >= 0.6 is 0 Å². The average Bonchev–Trinajstić information content (AvgIpc) is 3.46. The van der Waals surface area contributed by atoms with Crippen molar-refractivity contribution in [3.63, 3.8) is 0 Å². The van der Waals surface area contributed by atoms with Gasteiger partial charge in [0.1, 0.15) is 0 Å². The highest BCUT2D eigenvalue weighted by atomic mass is 15.1. The lowest BCUT2D eigenvalue weighted by Gasteiger charge is -2.15. The van der Waals surface area contributed by atoms with Crippen LogP contribution in [0.2, 0.25) is 0 Å². The van der Waals surface area contributed by atoms with Crippen molar-refractivity contribution in [3.8, 4) is 39.9 Å². The van der Waals surface area contributed by atoms with Crippen LogP contribution in [-0.2, 0) is 0 Å². The van der Waals surface area contributed by atoms with Gasteiger partial charge in [0.15, 0.2) is 17.5 Å². The number of benzene rings is 7. The van der Waals surface area contributed by atoms with E-state index in [4.69, 9.17) is 15.0 Å². The van der Waals surface area contributed by atoms with E-state index >= 15 is 0 Å².